The highest BCUT2D eigenvalue weighted by molar-refractivity contribution is 7.93. The lowest BCUT2D eigenvalue weighted by Crippen LogP contribution is -2.37. The molecule has 26 heavy (non-hydrogen) atoms. The second-order valence-corrected chi connectivity index (χ2v) is 9.45. The Hall–Kier alpha value is -1.60. The average molecular weight is 378 g/mol. The molecule has 1 amide bonds. The fraction of sp³-hybridized carbons (Fsp3) is 0.632. The Kier molecular flexibility index (Phi) is 4.92. The molecule has 0 spiro atoms. The highest BCUT2D eigenvalue weighted by atomic mass is 32.2. The molecular formula is C19H26N2O4S. The lowest BCUT2D eigenvalue weighted by Gasteiger charge is -2.23. The molecular weight excluding hydrogens is 352 g/mol. The van der Waals surface area contributed by atoms with E-state index in [1.807, 2.05) is 12.1 Å². The zero-order valence-corrected chi connectivity index (χ0v) is 15.8. The number of amides is 1. The van der Waals surface area contributed by atoms with Gasteiger partial charge in [0.05, 0.1) is 5.25 Å². The summed E-state index contributed by atoms with van der Waals surface area (Å²) in [6.45, 7) is 1.28. The maximum Gasteiger partial charge on any atom is 0.256 e. The summed E-state index contributed by atoms with van der Waals surface area (Å²) in [6, 6.07) is 5.49. The standard InChI is InChI=1S/C19H26N2O4S/c22-19(18-7-4-12-25-18)21-11-10-14-13-15(8-9-17(14)21)20-26(23,24)16-5-2-1-3-6-16/h8-9,13,16,18,20H,1-7,10-12H2. The van der Waals surface area contributed by atoms with E-state index in [2.05, 4.69) is 4.72 Å². The average Bonchev–Trinajstić information content (AvgIpc) is 3.31. The molecule has 2 heterocycles. The van der Waals surface area contributed by atoms with E-state index >= 15 is 0 Å². The summed E-state index contributed by atoms with van der Waals surface area (Å²) >= 11 is 0. The summed E-state index contributed by atoms with van der Waals surface area (Å²) in [6.07, 6.45) is 6.69. The van der Waals surface area contributed by atoms with Gasteiger partial charge in [-0.25, -0.2) is 8.42 Å². The van der Waals surface area contributed by atoms with Crippen LogP contribution in [-0.4, -0.2) is 38.8 Å². The number of ether oxygens (including phenoxy) is 1. The SMILES string of the molecule is O=C(C1CCCO1)N1CCc2cc(NS(=O)(=O)C3CCCCC3)ccc21. The number of benzene rings is 1. The van der Waals surface area contributed by atoms with Crippen LogP contribution in [0.3, 0.4) is 0 Å². The first kappa shape index (κ1) is 17.8. The molecule has 1 aliphatic carbocycles. The van der Waals surface area contributed by atoms with Gasteiger partial charge in [0, 0.05) is 24.5 Å². The molecule has 0 radical (unpaired) electrons. The molecule has 1 N–H and O–H groups in total. The van der Waals surface area contributed by atoms with E-state index in [1.54, 1.807) is 11.0 Å². The maximum absolute atomic E-state index is 12.6. The number of sulfonamides is 1. The van der Waals surface area contributed by atoms with E-state index in [4.69, 9.17) is 4.74 Å². The van der Waals surface area contributed by atoms with Crippen molar-refractivity contribution in [2.75, 3.05) is 22.8 Å². The van der Waals surface area contributed by atoms with Crippen molar-refractivity contribution < 1.29 is 17.9 Å². The number of carbonyl (C=O) groups is 1. The predicted octanol–water partition coefficient (Wildman–Crippen LogP) is 2.83. The number of hydrogen-bond acceptors (Lipinski definition) is 4. The van der Waals surface area contributed by atoms with Gasteiger partial charge in [0.1, 0.15) is 6.10 Å². The van der Waals surface area contributed by atoms with Gasteiger partial charge in [-0.15, -0.1) is 0 Å². The molecule has 2 aliphatic heterocycles. The predicted molar refractivity (Wildman–Crippen MR) is 101 cm³/mol. The molecule has 142 valence electrons. The molecule has 7 heteroatoms. The van der Waals surface area contributed by atoms with Crippen LogP contribution in [-0.2, 0) is 26.0 Å². The van der Waals surface area contributed by atoms with Gasteiger partial charge < -0.3 is 9.64 Å². The summed E-state index contributed by atoms with van der Waals surface area (Å²) in [4.78, 5) is 14.4. The van der Waals surface area contributed by atoms with Crippen molar-refractivity contribution in [1.29, 1.82) is 0 Å². The number of nitrogens with one attached hydrogen (secondary N) is 1. The van der Waals surface area contributed by atoms with Crippen LogP contribution in [0, 0.1) is 0 Å². The molecule has 6 nitrogen and oxygen atoms in total. The summed E-state index contributed by atoms with van der Waals surface area (Å²) < 4.78 is 33.5. The molecule has 4 rings (SSSR count). The van der Waals surface area contributed by atoms with Crippen LogP contribution in [0.4, 0.5) is 11.4 Å². The summed E-state index contributed by atoms with van der Waals surface area (Å²) in [5.41, 5.74) is 2.49. The molecule has 1 aromatic carbocycles. The Morgan fingerprint density at radius 3 is 2.65 bits per heavy atom. The number of anilines is 2. The van der Waals surface area contributed by atoms with E-state index in [-0.39, 0.29) is 17.3 Å². The van der Waals surface area contributed by atoms with Crippen LogP contribution in [0.15, 0.2) is 18.2 Å². The third-order valence-corrected chi connectivity index (χ3v) is 7.57. The van der Waals surface area contributed by atoms with Gasteiger partial charge >= 0.3 is 0 Å². The van der Waals surface area contributed by atoms with Gasteiger partial charge in [0.15, 0.2) is 0 Å². The summed E-state index contributed by atoms with van der Waals surface area (Å²) in [5, 5.41) is -0.290. The molecule has 1 saturated heterocycles. The lowest BCUT2D eigenvalue weighted by atomic mass is 10.0. The Bertz CT molecular complexity index is 781. The number of nitrogens with zero attached hydrogens (tertiary/aromatic N) is 1. The van der Waals surface area contributed by atoms with Crippen LogP contribution >= 0.6 is 0 Å². The minimum atomic E-state index is -3.35. The normalized spacial score (nSPS) is 23.8. The number of rotatable bonds is 4. The third kappa shape index (κ3) is 3.47. The molecule has 1 aromatic rings. The van der Waals surface area contributed by atoms with Crippen molar-refractivity contribution in [1.82, 2.24) is 0 Å². The first-order valence-electron chi connectivity index (χ1n) is 9.62. The van der Waals surface area contributed by atoms with Crippen LogP contribution in [0.5, 0.6) is 0 Å². The summed E-state index contributed by atoms with van der Waals surface area (Å²) in [5.74, 6) is 0.0248. The quantitative estimate of drug-likeness (QED) is 0.874. The van der Waals surface area contributed by atoms with Crippen molar-refractivity contribution in [2.45, 2.75) is 62.7 Å². The fourth-order valence-corrected chi connectivity index (χ4v) is 5.84. The number of carbonyl (C=O) groups excluding carboxylic acids is 1. The van der Waals surface area contributed by atoms with E-state index < -0.39 is 10.0 Å². The Balaban J connectivity index is 1.48. The van der Waals surface area contributed by atoms with Crippen LogP contribution in [0.25, 0.3) is 0 Å². The van der Waals surface area contributed by atoms with Crippen molar-refractivity contribution in [3.63, 3.8) is 0 Å². The van der Waals surface area contributed by atoms with Crippen LogP contribution in [0.2, 0.25) is 0 Å². The molecule has 1 saturated carbocycles. The van der Waals surface area contributed by atoms with E-state index in [0.29, 0.717) is 18.8 Å². The number of hydrogen-bond donors (Lipinski definition) is 1. The fourth-order valence-electron chi connectivity index (χ4n) is 4.26. The molecule has 1 atom stereocenters. The first-order valence-corrected chi connectivity index (χ1v) is 11.2. The van der Waals surface area contributed by atoms with Gasteiger partial charge in [0.25, 0.3) is 5.91 Å². The maximum atomic E-state index is 12.6. The third-order valence-electron chi connectivity index (χ3n) is 5.70. The van der Waals surface area contributed by atoms with Crippen LogP contribution < -0.4 is 9.62 Å². The Morgan fingerprint density at radius 1 is 1.12 bits per heavy atom. The van der Waals surface area contributed by atoms with Crippen molar-refractivity contribution in [2.24, 2.45) is 0 Å². The Morgan fingerprint density at radius 2 is 1.92 bits per heavy atom. The minimum absolute atomic E-state index is 0.0248. The van der Waals surface area contributed by atoms with Gasteiger partial charge in [-0.1, -0.05) is 19.3 Å². The largest absolute Gasteiger partial charge is 0.368 e. The van der Waals surface area contributed by atoms with Gasteiger partial charge in [0.2, 0.25) is 10.0 Å². The van der Waals surface area contributed by atoms with Crippen molar-refractivity contribution in [3.05, 3.63) is 23.8 Å². The zero-order chi connectivity index (χ0) is 18.1. The molecule has 0 aromatic heterocycles. The molecule has 3 aliphatic rings. The van der Waals surface area contributed by atoms with Crippen molar-refractivity contribution in [3.8, 4) is 0 Å². The second kappa shape index (κ2) is 7.19. The van der Waals surface area contributed by atoms with Gasteiger partial charge in [-0.05, 0) is 55.9 Å². The van der Waals surface area contributed by atoms with E-state index in [0.717, 1.165) is 62.6 Å². The molecule has 0 bridgehead atoms. The molecule has 2 fully saturated rings. The van der Waals surface area contributed by atoms with E-state index in [1.165, 1.54) is 0 Å². The topological polar surface area (TPSA) is 75.7 Å². The Labute approximate surface area is 155 Å². The van der Waals surface area contributed by atoms with Gasteiger partial charge in [-0.2, -0.15) is 0 Å². The molecule has 1 unspecified atom stereocenters. The highest BCUT2D eigenvalue weighted by Gasteiger charge is 2.33. The highest BCUT2D eigenvalue weighted by Crippen LogP contribution is 2.33. The lowest BCUT2D eigenvalue weighted by molar-refractivity contribution is -0.127. The number of fused-ring (bicyclic) bond motifs is 1. The van der Waals surface area contributed by atoms with Gasteiger partial charge in [-0.3, -0.25) is 9.52 Å². The zero-order valence-electron chi connectivity index (χ0n) is 14.9. The monoisotopic (exact) mass is 378 g/mol. The summed E-state index contributed by atoms with van der Waals surface area (Å²) in [7, 11) is -3.35. The first-order chi connectivity index (χ1) is 12.5. The van der Waals surface area contributed by atoms with Crippen molar-refractivity contribution >= 4 is 27.3 Å². The second-order valence-electron chi connectivity index (χ2n) is 7.49. The van der Waals surface area contributed by atoms with E-state index in [9.17, 15) is 13.2 Å². The van der Waals surface area contributed by atoms with Crippen LogP contribution in [0.1, 0.15) is 50.5 Å². The minimum Gasteiger partial charge on any atom is -0.368 e. The smallest absolute Gasteiger partial charge is 0.256 e.